The Labute approximate surface area is 178 Å². The van der Waals surface area contributed by atoms with Crippen molar-refractivity contribution in [2.45, 2.75) is 6.92 Å². The first kappa shape index (κ1) is 21.3. The number of benzene rings is 2. The average Bonchev–Trinajstić information content (AvgIpc) is 3.05. The largest absolute Gasteiger partial charge is 0.494 e. The molecule has 0 aromatic heterocycles. The van der Waals surface area contributed by atoms with Gasteiger partial charge in [-0.1, -0.05) is 12.1 Å². The number of amidine groups is 1. The molecule has 3 N–H and O–H groups in total. The number of hydrogen-bond acceptors (Lipinski definition) is 7. The van der Waals surface area contributed by atoms with E-state index < -0.39 is 5.91 Å². The maximum atomic E-state index is 12.4. The fourth-order valence-corrected chi connectivity index (χ4v) is 3.51. The van der Waals surface area contributed by atoms with Gasteiger partial charge in [0.25, 0.3) is 11.8 Å². The molecule has 0 unspecified atom stereocenters. The Kier molecular flexibility index (Phi) is 6.63. The molecule has 156 valence electrons. The van der Waals surface area contributed by atoms with Crippen LogP contribution in [-0.2, 0) is 9.59 Å². The van der Waals surface area contributed by atoms with Gasteiger partial charge in [-0.2, -0.15) is 0 Å². The third-order valence-corrected chi connectivity index (χ3v) is 4.97. The molecule has 9 heteroatoms. The monoisotopic (exact) mass is 427 g/mol. The van der Waals surface area contributed by atoms with Crippen molar-refractivity contribution >= 4 is 40.5 Å². The molecule has 1 saturated heterocycles. The number of aryl methyl sites for hydroxylation is 1. The van der Waals surface area contributed by atoms with Crippen LogP contribution in [0.25, 0.3) is 6.08 Å². The van der Waals surface area contributed by atoms with Gasteiger partial charge in [-0.3, -0.25) is 9.59 Å². The highest BCUT2D eigenvalue weighted by molar-refractivity contribution is 8.18. The highest BCUT2D eigenvalue weighted by Crippen LogP contribution is 2.34. The third kappa shape index (κ3) is 5.12. The normalized spacial score (nSPS) is 15.9. The van der Waals surface area contributed by atoms with E-state index in [1.165, 1.54) is 18.9 Å². The van der Waals surface area contributed by atoms with Gasteiger partial charge in [0.05, 0.1) is 19.1 Å². The Hall–Kier alpha value is -3.46. The van der Waals surface area contributed by atoms with Gasteiger partial charge in [0.1, 0.15) is 11.4 Å². The van der Waals surface area contributed by atoms with Gasteiger partial charge >= 0.3 is 0 Å². The molecule has 0 bridgehead atoms. The molecule has 0 atom stereocenters. The first-order valence-corrected chi connectivity index (χ1v) is 9.74. The second-order valence-electron chi connectivity index (χ2n) is 6.32. The van der Waals surface area contributed by atoms with E-state index in [1.807, 2.05) is 25.1 Å². The van der Waals surface area contributed by atoms with Gasteiger partial charge in [-0.25, -0.2) is 4.99 Å². The smallest absolute Gasteiger partial charge is 0.264 e. The molecule has 0 saturated carbocycles. The summed E-state index contributed by atoms with van der Waals surface area (Å²) in [5.41, 5.74) is 7.50. The van der Waals surface area contributed by atoms with Crippen molar-refractivity contribution in [2.24, 2.45) is 10.7 Å². The number of carbonyl (C=O) groups excluding carboxylic acids is 2. The fourth-order valence-electron chi connectivity index (χ4n) is 2.67. The van der Waals surface area contributed by atoms with Crippen molar-refractivity contribution in [2.75, 3.05) is 20.8 Å². The van der Waals surface area contributed by atoms with Crippen LogP contribution in [0.4, 0.5) is 5.69 Å². The van der Waals surface area contributed by atoms with Crippen molar-refractivity contribution in [3.05, 3.63) is 52.4 Å². The highest BCUT2D eigenvalue weighted by Gasteiger charge is 2.24. The lowest BCUT2D eigenvalue weighted by Gasteiger charge is -2.10. The number of amides is 2. The van der Waals surface area contributed by atoms with Crippen LogP contribution in [0, 0.1) is 6.92 Å². The molecule has 2 aromatic carbocycles. The van der Waals surface area contributed by atoms with E-state index >= 15 is 0 Å². The zero-order valence-corrected chi connectivity index (χ0v) is 17.5. The lowest BCUT2D eigenvalue weighted by atomic mass is 10.2. The number of methoxy groups -OCH3 is 2. The van der Waals surface area contributed by atoms with Crippen LogP contribution in [0.1, 0.15) is 11.1 Å². The molecule has 30 heavy (non-hydrogen) atoms. The number of rotatable bonds is 7. The zero-order chi connectivity index (χ0) is 21.7. The third-order valence-electron chi connectivity index (χ3n) is 4.06. The average molecular weight is 427 g/mol. The van der Waals surface area contributed by atoms with E-state index in [0.29, 0.717) is 33.0 Å². The lowest BCUT2D eigenvalue weighted by molar-refractivity contribution is -0.120. The number of carbonyl (C=O) groups is 2. The summed E-state index contributed by atoms with van der Waals surface area (Å²) in [6.07, 6.45) is 1.72. The van der Waals surface area contributed by atoms with E-state index in [0.717, 1.165) is 11.1 Å². The summed E-state index contributed by atoms with van der Waals surface area (Å²) < 4.78 is 15.9. The Morgan fingerprint density at radius 3 is 2.57 bits per heavy atom. The summed E-state index contributed by atoms with van der Waals surface area (Å²) in [6, 6.07) is 10.8. The van der Waals surface area contributed by atoms with Crippen LogP contribution in [0.5, 0.6) is 17.2 Å². The first-order valence-electron chi connectivity index (χ1n) is 8.93. The minimum atomic E-state index is -0.584. The molecule has 8 nitrogen and oxygen atoms in total. The molecule has 0 radical (unpaired) electrons. The SMILES string of the molecule is COc1ccc(C)cc1N=C1NC(=O)/C(=C/c2ccc(OCC(N)=O)c(OC)c2)S1. The number of aliphatic imine (C=N–C) groups is 1. The molecule has 2 aromatic rings. The summed E-state index contributed by atoms with van der Waals surface area (Å²) in [5.74, 6) is 0.595. The fraction of sp³-hybridized carbons (Fsp3) is 0.190. The number of nitrogens with zero attached hydrogens (tertiary/aromatic N) is 1. The van der Waals surface area contributed by atoms with Gasteiger partial charge in [-0.15, -0.1) is 0 Å². The second-order valence-corrected chi connectivity index (χ2v) is 7.35. The second kappa shape index (κ2) is 9.36. The Morgan fingerprint density at radius 1 is 1.13 bits per heavy atom. The van der Waals surface area contributed by atoms with Gasteiger partial charge in [0.2, 0.25) is 0 Å². The van der Waals surface area contributed by atoms with Crippen molar-refractivity contribution < 1.29 is 23.8 Å². The molecule has 1 aliphatic heterocycles. The lowest BCUT2D eigenvalue weighted by Crippen LogP contribution is -2.20. The topological polar surface area (TPSA) is 112 Å². The summed E-state index contributed by atoms with van der Waals surface area (Å²) >= 11 is 1.23. The molecule has 1 heterocycles. The predicted octanol–water partition coefficient (Wildman–Crippen LogP) is 2.77. The van der Waals surface area contributed by atoms with Crippen molar-refractivity contribution in [1.29, 1.82) is 0 Å². The maximum absolute atomic E-state index is 12.4. The summed E-state index contributed by atoms with van der Waals surface area (Å²) in [5, 5.41) is 3.22. The molecular formula is C21H21N3O5S. The van der Waals surface area contributed by atoms with Crippen LogP contribution in [-0.4, -0.2) is 37.8 Å². The van der Waals surface area contributed by atoms with Crippen molar-refractivity contribution in [3.63, 3.8) is 0 Å². The Bertz CT molecular complexity index is 1050. The maximum Gasteiger partial charge on any atom is 0.264 e. The number of primary amides is 1. The van der Waals surface area contributed by atoms with Crippen LogP contribution < -0.4 is 25.3 Å². The zero-order valence-electron chi connectivity index (χ0n) is 16.7. The van der Waals surface area contributed by atoms with Crippen molar-refractivity contribution in [3.8, 4) is 17.2 Å². The number of hydrogen-bond donors (Lipinski definition) is 2. The molecule has 3 rings (SSSR count). The van der Waals surface area contributed by atoms with E-state index in [2.05, 4.69) is 10.3 Å². The van der Waals surface area contributed by atoms with Gasteiger partial charge in [0, 0.05) is 0 Å². The Morgan fingerprint density at radius 2 is 1.87 bits per heavy atom. The standard InChI is InChI=1S/C21H21N3O5S/c1-12-4-6-15(27-2)14(8-12)23-21-24-20(26)18(30-21)10-13-5-7-16(17(9-13)28-3)29-11-19(22)25/h4-10H,11H2,1-3H3,(H2,22,25)(H,23,24,26)/b18-10-. The molecule has 1 fully saturated rings. The van der Waals surface area contributed by atoms with Gasteiger partial charge in [-0.05, 0) is 60.2 Å². The Balaban J connectivity index is 1.83. The predicted molar refractivity (Wildman–Crippen MR) is 116 cm³/mol. The molecular weight excluding hydrogens is 406 g/mol. The van der Waals surface area contributed by atoms with Gasteiger partial charge in [0.15, 0.2) is 23.3 Å². The van der Waals surface area contributed by atoms with Crippen LogP contribution >= 0.6 is 11.8 Å². The molecule has 2 amide bonds. The summed E-state index contributed by atoms with van der Waals surface area (Å²) in [4.78, 5) is 28.3. The van der Waals surface area contributed by atoms with Crippen LogP contribution in [0.15, 0.2) is 46.3 Å². The van der Waals surface area contributed by atoms with E-state index in [4.69, 9.17) is 19.9 Å². The van der Waals surface area contributed by atoms with Crippen molar-refractivity contribution in [1.82, 2.24) is 5.32 Å². The number of thioether (sulfide) groups is 1. The quantitative estimate of drug-likeness (QED) is 0.657. The molecule has 0 aliphatic carbocycles. The molecule has 1 aliphatic rings. The molecule has 0 spiro atoms. The highest BCUT2D eigenvalue weighted by atomic mass is 32.2. The summed E-state index contributed by atoms with van der Waals surface area (Å²) in [6.45, 7) is 1.70. The minimum absolute atomic E-state index is 0.251. The summed E-state index contributed by atoms with van der Waals surface area (Å²) in [7, 11) is 3.06. The van der Waals surface area contributed by atoms with E-state index in [1.54, 1.807) is 31.4 Å². The first-order chi connectivity index (χ1) is 14.4. The number of nitrogens with one attached hydrogen (secondary N) is 1. The van der Waals surface area contributed by atoms with Crippen LogP contribution in [0.3, 0.4) is 0 Å². The van der Waals surface area contributed by atoms with E-state index in [9.17, 15) is 9.59 Å². The van der Waals surface area contributed by atoms with Gasteiger partial charge < -0.3 is 25.3 Å². The van der Waals surface area contributed by atoms with E-state index in [-0.39, 0.29) is 12.5 Å². The minimum Gasteiger partial charge on any atom is -0.494 e. The van der Waals surface area contributed by atoms with Crippen LogP contribution in [0.2, 0.25) is 0 Å². The number of nitrogens with two attached hydrogens (primary N) is 1. The number of ether oxygens (including phenoxy) is 3.